The number of hydrogen-bond acceptors (Lipinski definition) is 1. The lowest BCUT2D eigenvalue weighted by molar-refractivity contribution is 0.892. The summed E-state index contributed by atoms with van der Waals surface area (Å²) < 4.78 is 0. The fourth-order valence-corrected chi connectivity index (χ4v) is 5.27. The van der Waals surface area contributed by atoms with Gasteiger partial charge in [0.15, 0.2) is 0 Å². The second kappa shape index (κ2) is 5.78. The molecule has 0 aliphatic heterocycles. The second-order valence-electron chi connectivity index (χ2n) is 3.45. The molecule has 0 bridgehead atoms. The maximum atomic E-state index is 5.52. The molecule has 0 heterocycles. The monoisotopic (exact) mass is 173 g/mol. The molecule has 68 valence electrons. The zero-order valence-corrected chi connectivity index (χ0v) is 9.32. The fraction of sp³-hybridized carbons (Fsp3) is 1.00. The highest BCUT2D eigenvalue weighted by Gasteiger charge is 2.24. The van der Waals surface area contributed by atoms with Gasteiger partial charge in [-0.1, -0.05) is 44.9 Å². The highest BCUT2D eigenvalue weighted by atomic mass is 28.3. The third-order valence-electron chi connectivity index (χ3n) is 3.16. The van der Waals surface area contributed by atoms with Gasteiger partial charge >= 0.3 is 0 Å². The van der Waals surface area contributed by atoms with Crippen LogP contribution < -0.4 is 5.73 Å². The van der Waals surface area contributed by atoms with Gasteiger partial charge in [-0.05, 0) is 13.0 Å². The third kappa shape index (κ3) is 3.39. The lowest BCUT2D eigenvalue weighted by Gasteiger charge is -2.27. The van der Waals surface area contributed by atoms with E-state index >= 15 is 0 Å². The first kappa shape index (κ1) is 11.2. The van der Waals surface area contributed by atoms with E-state index in [-0.39, 0.29) is 0 Å². The van der Waals surface area contributed by atoms with Crippen LogP contribution in [0.4, 0.5) is 0 Å². The Kier molecular flexibility index (Phi) is 5.87. The molecular formula is C9H23NSi. The Balaban J connectivity index is 3.84. The average molecular weight is 173 g/mol. The molecule has 0 aromatic heterocycles. The van der Waals surface area contributed by atoms with E-state index in [1.54, 1.807) is 0 Å². The molecule has 0 fully saturated rings. The molecular weight excluding hydrogens is 150 g/mol. The molecule has 0 saturated heterocycles. The molecule has 0 rings (SSSR count). The van der Waals surface area contributed by atoms with Crippen molar-refractivity contribution in [1.29, 1.82) is 0 Å². The van der Waals surface area contributed by atoms with Crippen molar-refractivity contribution in [1.82, 2.24) is 0 Å². The lowest BCUT2D eigenvalue weighted by atomic mass is 10.5. The molecule has 2 N–H and O–H groups in total. The summed E-state index contributed by atoms with van der Waals surface area (Å²) in [5.74, 6) is 0. The van der Waals surface area contributed by atoms with Gasteiger partial charge in [0.2, 0.25) is 0 Å². The maximum absolute atomic E-state index is 5.52. The predicted molar refractivity (Wildman–Crippen MR) is 55.7 cm³/mol. The minimum absolute atomic E-state index is 0.818. The number of nitrogens with two attached hydrogens (primary N) is 1. The summed E-state index contributed by atoms with van der Waals surface area (Å²) in [6.45, 7) is 7.95. The molecule has 0 atom stereocenters. The van der Waals surface area contributed by atoms with Gasteiger partial charge in [0, 0.05) is 0 Å². The van der Waals surface area contributed by atoms with E-state index in [0.29, 0.717) is 0 Å². The maximum Gasteiger partial charge on any atom is 0.0528 e. The van der Waals surface area contributed by atoms with Gasteiger partial charge in [-0.15, -0.1) is 0 Å². The van der Waals surface area contributed by atoms with Crippen molar-refractivity contribution < 1.29 is 0 Å². The van der Waals surface area contributed by atoms with Gasteiger partial charge in [0.05, 0.1) is 8.07 Å². The second-order valence-corrected chi connectivity index (χ2v) is 9.07. The third-order valence-corrected chi connectivity index (χ3v) is 9.08. The lowest BCUT2D eigenvalue weighted by Crippen LogP contribution is -2.31. The summed E-state index contributed by atoms with van der Waals surface area (Å²) in [6, 6.07) is 5.78. The Bertz CT molecular complexity index is 81.3. The van der Waals surface area contributed by atoms with Crippen LogP contribution in [0.2, 0.25) is 24.2 Å². The quantitative estimate of drug-likeness (QED) is 0.614. The standard InChI is InChI=1S/C9H23NSi/c1-4-11(5-2,6-3)9-7-8-10/h4-10H2,1-3H3. The van der Waals surface area contributed by atoms with Crippen molar-refractivity contribution >= 4 is 8.07 Å². The van der Waals surface area contributed by atoms with Gasteiger partial charge in [-0.2, -0.15) is 0 Å². The zero-order chi connectivity index (χ0) is 8.74. The average Bonchev–Trinajstić information content (AvgIpc) is 2.08. The van der Waals surface area contributed by atoms with E-state index in [1.165, 1.54) is 30.6 Å². The van der Waals surface area contributed by atoms with E-state index < -0.39 is 8.07 Å². The Morgan fingerprint density at radius 3 is 1.73 bits per heavy atom. The highest BCUT2D eigenvalue weighted by Crippen LogP contribution is 2.25. The molecule has 0 aliphatic rings. The smallest absolute Gasteiger partial charge is 0.0528 e. The summed E-state index contributed by atoms with van der Waals surface area (Å²) in [7, 11) is -0.818. The fourth-order valence-electron chi connectivity index (χ4n) is 1.76. The first-order valence-corrected chi connectivity index (χ1v) is 7.77. The van der Waals surface area contributed by atoms with E-state index in [4.69, 9.17) is 5.73 Å². The van der Waals surface area contributed by atoms with Crippen LogP contribution in [0.3, 0.4) is 0 Å². The van der Waals surface area contributed by atoms with E-state index in [1.807, 2.05) is 0 Å². The molecule has 0 unspecified atom stereocenters. The van der Waals surface area contributed by atoms with Crippen LogP contribution in [0.15, 0.2) is 0 Å². The Hall–Kier alpha value is 0.177. The summed E-state index contributed by atoms with van der Waals surface area (Å²) in [5, 5.41) is 0. The van der Waals surface area contributed by atoms with Gasteiger partial charge in [-0.3, -0.25) is 0 Å². The van der Waals surface area contributed by atoms with Crippen molar-refractivity contribution in [3.8, 4) is 0 Å². The molecule has 0 aromatic carbocycles. The molecule has 0 radical (unpaired) electrons. The normalized spacial score (nSPS) is 12.0. The van der Waals surface area contributed by atoms with Crippen LogP contribution in [0.25, 0.3) is 0 Å². The summed E-state index contributed by atoms with van der Waals surface area (Å²) in [5.41, 5.74) is 5.52. The first-order valence-electron chi connectivity index (χ1n) is 4.94. The highest BCUT2D eigenvalue weighted by molar-refractivity contribution is 6.79. The molecule has 0 saturated carbocycles. The molecule has 2 heteroatoms. The first-order chi connectivity index (χ1) is 5.24. The van der Waals surface area contributed by atoms with Crippen LogP contribution in [-0.2, 0) is 0 Å². The Morgan fingerprint density at radius 2 is 1.45 bits per heavy atom. The Morgan fingerprint density at radius 1 is 1.00 bits per heavy atom. The van der Waals surface area contributed by atoms with Crippen molar-refractivity contribution in [2.75, 3.05) is 6.54 Å². The molecule has 1 nitrogen and oxygen atoms in total. The van der Waals surface area contributed by atoms with E-state index in [0.717, 1.165) is 6.54 Å². The summed E-state index contributed by atoms with van der Waals surface area (Å²) in [4.78, 5) is 0. The van der Waals surface area contributed by atoms with Crippen LogP contribution in [0.1, 0.15) is 27.2 Å². The minimum Gasteiger partial charge on any atom is -0.330 e. The van der Waals surface area contributed by atoms with Gasteiger partial charge < -0.3 is 5.73 Å². The van der Waals surface area contributed by atoms with Crippen molar-refractivity contribution in [2.45, 2.75) is 51.4 Å². The van der Waals surface area contributed by atoms with Crippen LogP contribution in [0, 0.1) is 0 Å². The molecule has 0 spiro atoms. The van der Waals surface area contributed by atoms with Crippen LogP contribution in [-0.4, -0.2) is 14.6 Å². The molecule has 11 heavy (non-hydrogen) atoms. The summed E-state index contributed by atoms with van der Waals surface area (Å²) in [6.07, 6.45) is 1.25. The van der Waals surface area contributed by atoms with Gasteiger partial charge in [-0.25, -0.2) is 0 Å². The van der Waals surface area contributed by atoms with E-state index in [2.05, 4.69) is 20.8 Å². The largest absolute Gasteiger partial charge is 0.330 e. The van der Waals surface area contributed by atoms with Crippen molar-refractivity contribution in [2.24, 2.45) is 5.73 Å². The zero-order valence-electron chi connectivity index (χ0n) is 8.32. The SMILES string of the molecule is CC[Si](CC)(CC)CCCN. The van der Waals surface area contributed by atoms with E-state index in [9.17, 15) is 0 Å². The molecule has 0 amide bonds. The van der Waals surface area contributed by atoms with Gasteiger partial charge in [0.1, 0.15) is 0 Å². The van der Waals surface area contributed by atoms with Gasteiger partial charge in [0.25, 0.3) is 0 Å². The Labute approximate surface area is 72.4 Å². The summed E-state index contributed by atoms with van der Waals surface area (Å²) >= 11 is 0. The topological polar surface area (TPSA) is 26.0 Å². The predicted octanol–water partition coefficient (Wildman–Crippen LogP) is 2.84. The molecule has 0 aliphatic carbocycles. The number of rotatable bonds is 6. The molecule has 0 aromatic rings. The minimum atomic E-state index is -0.818. The van der Waals surface area contributed by atoms with Crippen LogP contribution in [0.5, 0.6) is 0 Å². The van der Waals surface area contributed by atoms with Crippen molar-refractivity contribution in [3.05, 3.63) is 0 Å². The van der Waals surface area contributed by atoms with Crippen molar-refractivity contribution in [3.63, 3.8) is 0 Å². The number of hydrogen-bond donors (Lipinski definition) is 1. The van der Waals surface area contributed by atoms with Crippen LogP contribution >= 0.6 is 0 Å².